The van der Waals surface area contributed by atoms with Crippen LogP contribution in [0.3, 0.4) is 0 Å². The molecule has 1 N–H and O–H groups in total. The molecule has 102 valence electrons. The van der Waals surface area contributed by atoms with Gasteiger partial charge in [0.15, 0.2) is 0 Å². The van der Waals surface area contributed by atoms with E-state index in [9.17, 15) is 9.90 Å². The molecule has 0 aliphatic carbocycles. The normalized spacial score (nSPS) is 34.4. The summed E-state index contributed by atoms with van der Waals surface area (Å²) in [6, 6.07) is 0. The van der Waals surface area contributed by atoms with Crippen molar-refractivity contribution >= 4 is 5.91 Å². The lowest BCUT2D eigenvalue weighted by Gasteiger charge is -2.37. The first-order chi connectivity index (χ1) is 8.56. The molecule has 0 saturated carbocycles. The molecule has 1 atom stereocenters. The van der Waals surface area contributed by atoms with Gasteiger partial charge in [0.1, 0.15) is 0 Å². The number of carbonyl (C=O) groups excluding carboxylic acids is 1. The number of aliphatic hydroxyl groups is 1. The Hall–Kier alpha value is -0.650. The number of hydrogen-bond acceptors (Lipinski definition) is 4. The summed E-state index contributed by atoms with van der Waals surface area (Å²) in [6.07, 6.45) is 2.21. The van der Waals surface area contributed by atoms with Crippen LogP contribution in [0.25, 0.3) is 0 Å². The van der Waals surface area contributed by atoms with E-state index in [0.29, 0.717) is 25.0 Å². The fraction of sp³-hybridized carbons (Fsp3) is 0.923. The first-order valence-corrected chi connectivity index (χ1v) is 6.93. The van der Waals surface area contributed by atoms with Crippen molar-refractivity contribution in [3.63, 3.8) is 0 Å². The molecule has 3 fully saturated rings. The first kappa shape index (κ1) is 12.4. The van der Waals surface area contributed by atoms with E-state index in [0.717, 1.165) is 13.1 Å². The lowest BCUT2D eigenvalue weighted by Crippen LogP contribution is -2.55. The minimum atomic E-state index is -0.289. The topological polar surface area (TPSA) is 47.0 Å². The summed E-state index contributed by atoms with van der Waals surface area (Å²) in [5.41, 5.74) is 0.448. The first-order valence-electron chi connectivity index (χ1n) is 6.93. The molecule has 0 radical (unpaired) electrons. The number of carbonyl (C=O) groups is 1. The van der Waals surface area contributed by atoms with E-state index in [4.69, 9.17) is 0 Å². The zero-order chi connectivity index (χ0) is 12.8. The molecule has 0 aromatic rings. The van der Waals surface area contributed by atoms with Gasteiger partial charge in [0.2, 0.25) is 5.91 Å². The van der Waals surface area contributed by atoms with Crippen LogP contribution in [0.2, 0.25) is 0 Å². The maximum absolute atomic E-state index is 12.0. The van der Waals surface area contributed by atoms with Crippen LogP contribution in [-0.2, 0) is 4.79 Å². The molecular weight excluding hydrogens is 230 g/mol. The molecule has 3 saturated heterocycles. The molecule has 5 heteroatoms. The number of hydrogen-bond donors (Lipinski definition) is 1. The SMILES string of the molecule is CN1CCC2(CCN(CC(=O)N3CC(O)C3)C2)C1. The van der Waals surface area contributed by atoms with E-state index >= 15 is 0 Å². The van der Waals surface area contributed by atoms with Gasteiger partial charge in [-0.15, -0.1) is 0 Å². The van der Waals surface area contributed by atoms with Crippen LogP contribution in [0.4, 0.5) is 0 Å². The molecule has 5 nitrogen and oxygen atoms in total. The lowest BCUT2D eigenvalue weighted by molar-refractivity contribution is -0.142. The number of β-amino-alcohol motifs (C(OH)–C–C–N with tert-alkyl or cyclic N) is 1. The minimum absolute atomic E-state index is 0.184. The number of likely N-dealkylation sites (tertiary alicyclic amines) is 3. The highest BCUT2D eigenvalue weighted by atomic mass is 16.3. The summed E-state index contributed by atoms with van der Waals surface area (Å²) in [6.45, 7) is 6.09. The maximum atomic E-state index is 12.0. The van der Waals surface area contributed by atoms with Gasteiger partial charge in [-0.1, -0.05) is 0 Å². The monoisotopic (exact) mass is 253 g/mol. The van der Waals surface area contributed by atoms with Crippen LogP contribution in [-0.4, -0.2) is 84.7 Å². The summed E-state index contributed by atoms with van der Waals surface area (Å²) in [7, 11) is 2.18. The predicted molar refractivity (Wildman–Crippen MR) is 68.2 cm³/mol. The van der Waals surface area contributed by atoms with Gasteiger partial charge in [-0.05, 0) is 38.4 Å². The third-order valence-corrected chi connectivity index (χ3v) is 4.72. The molecule has 18 heavy (non-hydrogen) atoms. The highest BCUT2D eigenvalue weighted by molar-refractivity contribution is 5.79. The molecule has 1 amide bonds. The summed E-state index contributed by atoms with van der Waals surface area (Å²) in [5, 5.41) is 9.21. The van der Waals surface area contributed by atoms with Crippen molar-refractivity contribution in [1.29, 1.82) is 0 Å². The number of amides is 1. The highest BCUT2D eigenvalue weighted by Gasteiger charge is 2.43. The van der Waals surface area contributed by atoms with E-state index in [1.54, 1.807) is 4.90 Å². The van der Waals surface area contributed by atoms with E-state index in [1.165, 1.54) is 25.9 Å². The Morgan fingerprint density at radius 1 is 1.28 bits per heavy atom. The van der Waals surface area contributed by atoms with Crippen LogP contribution in [0, 0.1) is 5.41 Å². The zero-order valence-corrected chi connectivity index (χ0v) is 11.1. The maximum Gasteiger partial charge on any atom is 0.236 e. The Bertz CT molecular complexity index is 343. The summed E-state index contributed by atoms with van der Waals surface area (Å²) in [5.74, 6) is 0.184. The molecule has 3 rings (SSSR count). The Morgan fingerprint density at radius 3 is 2.61 bits per heavy atom. The van der Waals surface area contributed by atoms with Gasteiger partial charge in [-0.2, -0.15) is 0 Å². The van der Waals surface area contributed by atoms with Gasteiger partial charge in [-0.25, -0.2) is 0 Å². The van der Waals surface area contributed by atoms with Gasteiger partial charge in [-0.3, -0.25) is 9.69 Å². The van der Waals surface area contributed by atoms with Crippen molar-refractivity contribution in [2.75, 3.05) is 52.9 Å². The van der Waals surface area contributed by atoms with Crippen molar-refractivity contribution in [2.24, 2.45) is 5.41 Å². The van der Waals surface area contributed by atoms with Crippen LogP contribution in [0.5, 0.6) is 0 Å². The predicted octanol–water partition coefficient (Wildman–Crippen LogP) is -0.783. The fourth-order valence-corrected chi connectivity index (χ4v) is 3.60. The second kappa shape index (κ2) is 4.47. The largest absolute Gasteiger partial charge is 0.389 e. The molecule has 1 unspecified atom stereocenters. The smallest absolute Gasteiger partial charge is 0.236 e. The van der Waals surface area contributed by atoms with E-state index in [1.807, 2.05) is 0 Å². The van der Waals surface area contributed by atoms with E-state index in [-0.39, 0.29) is 12.0 Å². The Kier molecular flexibility index (Phi) is 3.08. The van der Waals surface area contributed by atoms with Crippen molar-refractivity contribution in [3.05, 3.63) is 0 Å². The van der Waals surface area contributed by atoms with Crippen LogP contribution in [0.1, 0.15) is 12.8 Å². The van der Waals surface area contributed by atoms with Crippen LogP contribution in [0.15, 0.2) is 0 Å². The molecule has 0 bridgehead atoms. The van der Waals surface area contributed by atoms with E-state index in [2.05, 4.69) is 16.8 Å². The average molecular weight is 253 g/mol. The Labute approximate surface area is 108 Å². The van der Waals surface area contributed by atoms with Gasteiger partial charge in [0, 0.05) is 26.2 Å². The number of aliphatic hydroxyl groups excluding tert-OH is 1. The second-order valence-electron chi connectivity index (χ2n) is 6.40. The zero-order valence-electron chi connectivity index (χ0n) is 11.1. The quantitative estimate of drug-likeness (QED) is 0.701. The Balaban J connectivity index is 1.49. The van der Waals surface area contributed by atoms with Gasteiger partial charge >= 0.3 is 0 Å². The van der Waals surface area contributed by atoms with Crippen molar-refractivity contribution in [1.82, 2.24) is 14.7 Å². The van der Waals surface area contributed by atoms with Crippen LogP contribution < -0.4 is 0 Å². The summed E-state index contributed by atoms with van der Waals surface area (Å²) >= 11 is 0. The molecular formula is C13H23N3O2. The molecule has 0 aromatic heterocycles. The van der Waals surface area contributed by atoms with Crippen molar-refractivity contribution in [2.45, 2.75) is 18.9 Å². The lowest BCUT2D eigenvalue weighted by atomic mass is 9.86. The Morgan fingerprint density at radius 2 is 2.00 bits per heavy atom. The molecule has 1 spiro atoms. The van der Waals surface area contributed by atoms with Gasteiger partial charge in [0.25, 0.3) is 0 Å². The van der Waals surface area contributed by atoms with Gasteiger partial charge in [0.05, 0.1) is 12.6 Å². The molecule has 3 heterocycles. The molecule has 0 aromatic carbocycles. The second-order valence-corrected chi connectivity index (χ2v) is 6.40. The fourth-order valence-electron chi connectivity index (χ4n) is 3.60. The number of nitrogens with zero attached hydrogens (tertiary/aromatic N) is 3. The van der Waals surface area contributed by atoms with E-state index < -0.39 is 0 Å². The minimum Gasteiger partial charge on any atom is -0.389 e. The van der Waals surface area contributed by atoms with Crippen molar-refractivity contribution in [3.8, 4) is 0 Å². The highest BCUT2D eigenvalue weighted by Crippen LogP contribution is 2.38. The van der Waals surface area contributed by atoms with Crippen molar-refractivity contribution < 1.29 is 9.90 Å². The third-order valence-electron chi connectivity index (χ3n) is 4.72. The number of rotatable bonds is 2. The molecule has 3 aliphatic rings. The van der Waals surface area contributed by atoms with Gasteiger partial charge < -0.3 is 14.9 Å². The third kappa shape index (κ3) is 2.27. The summed E-state index contributed by atoms with van der Waals surface area (Å²) in [4.78, 5) is 18.4. The molecule has 3 aliphatic heterocycles. The van der Waals surface area contributed by atoms with Crippen LogP contribution >= 0.6 is 0 Å². The summed E-state index contributed by atoms with van der Waals surface area (Å²) < 4.78 is 0. The average Bonchev–Trinajstić information content (AvgIpc) is 2.82. The standard InChI is InChI=1S/C13H23N3O2/c1-14-4-2-13(9-14)3-5-15(10-13)8-12(18)16-6-11(17)7-16/h11,17H,2-10H2,1H3.